The Bertz CT molecular complexity index is 495. The third kappa shape index (κ3) is 4.85. The number of nitrogens with one attached hydrogen (secondary N) is 1. The van der Waals surface area contributed by atoms with Crippen molar-refractivity contribution in [2.45, 2.75) is 19.9 Å². The number of carbonyl (C=O) groups excluding carboxylic acids is 1. The predicted octanol–water partition coefficient (Wildman–Crippen LogP) is 0.909. The van der Waals surface area contributed by atoms with Crippen LogP contribution in [0.15, 0.2) is 24.3 Å². The third-order valence-corrected chi connectivity index (χ3v) is 4.26. The van der Waals surface area contributed by atoms with Crippen LogP contribution in [0.25, 0.3) is 0 Å². The van der Waals surface area contributed by atoms with E-state index in [0.717, 1.165) is 5.56 Å². The molecule has 0 spiro atoms. The second kappa shape index (κ2) is 6.51. The quantitative estimate of drug-likeness (QED) is 0.804. The summed E-state index contributed by atoms with van der Waals surface area (Å²) in [4.78, 5) is 11.5. The van der Waals surface area contributed by atoms with E-state index in [-0.39, 0.29) is 23.8 Å². The summed E-state index contributed by atoms with van der Waals surface area (Å²) in [6, 6.07) is 7.12. The van der Waals surface area contributed by atoms with Gasteiger partial charge in [-0.2, -0.15) is 0 Å². The highest BCUT2D eigenvalue weighted by Crippen LogP contribution is 2.09. The molecular formula is C12H18N2O3S. The largest absolute Gasteiger partial charge is 0.326 e. The fraction of sp³-hybridized carbons (Fsp3) is 0.417. The Kier molecular flexibility index (Phi) is 5.30. The van der Waals surface area contributed by atoms with Gasteiger partial charge in [-0.15, -0.1) is 0 Å². The Morgan fingerprint density at radius 1 is 1.28 bits per heavy atom. The molecule has 0 aliphatic carbocycles. The lowest BCUT2D eigenvalue weighted by molar-refractivity contribution is -0.115. The smallest absolute Gasteiger partial charge is 0.225 e. The molecule has 0 heterocycles. The maximum Gasteiger partial charge on any atom is 0.225 e. The molecule has 0 unspecified atom stereocenters. The van der Waals surface area contributed by atoms with Crippen molar-refractivity contribution in [3.05, 3.63) is 29.8 Å². The first-order chi connectivity index (χ1) is 8.46. The Morgan fingerprint density at radius 2 is 1.89 bits per heavy atom. The van der Waals surface area contributed by atoms with E-state index in [1.165, 1.54) is 0 Å². The molecule has 0 aliphatic heterocycles. The number of amides is 1. The molecular weight excluding hydrogens is 252 g/mol. The minimum Gasteiger partial charge on any atom is -0.326 e. The number of anilines is 1. The highest BCUT2D eigenvalue weighted by molar-refractivity contribution is 7.91. The lowest BCUT2D eigenvalue weighted by atomic mass is 10.2. The van der Waals surface area contributed by atoms with E-state index in [1.54, 1.807) is 19.1 Å². The molecule has 6 heteroatoms. The summed E-state index contributed by atoms with van der Waals surface area (Å²) in [5.41, 5.74) is 7.08. The van der Waals surface area contributed by atoms with Crippen molar-refractivity contribution in [1.29, 1.82) is 0 Å². The number of sulfone groups is 1. The van der Waals surface area contributed by atoms with Gasteiger partial charge in [0, 0.05) is 24.4 Å². The molecule has 1 amide bonds. The van der Waals surface area contributed by atoms with Gasteiger partial charge in [0.1, 0.15) is 0 Å². The number of nitrogens with two attached hydrogens (primary N) is 1. The second-order valence-electron chi connectivity index (χ2n) is 3.94. The van der Waals surface area contributed by atoms with Crippen LogP contribution >= 0.6 is 0 Å². The summed E-state index contributed by atoms with van der Waals surface area (Å²) < 4.78 is 22.5. The zero-order valence-electron chi connectivity index (χ0n) is 10.3. The SMILES string of the molecule is CCS(=O)(=O)CCC(=O)Nc1ccc(CN)cc1. The third-order valence-electron chi connectivity index (χ3n) is 2.55. The predicted molar refractivity (Wildman–Crippen MR) is 71.9 cm³/mol. The van der Waals surface area contributed by atoms with Gasteiger partial charge in [0.2, 0.25) is 5.91 Å². The van der Waals surface area contributed by atoms with Gasteiger partial charge in [-0.25, -0.2) is 8.42 Å². The van der Waals surface area contributed by atoms with Crippen molar-refractivity contribution < 1.29 is 13.2 Å². The Morgan fingerprint density at radius 3 is 2.39 bits per heavy atom. The summed E-state index contributed by atoms with van der Waals surface area (Å²) in [5, 5.41) is 2.65. The lowest BCUT2D eigenvalue weighted by Crippen LogP contribution is -2.18. The fourth-order valence-corrected chi connectivity index (χ4v) is 2.13. The molecule has 0 fully saturated rings. The Hall–Kier alpha value is -1.40. The minimum atomic E-state index is -3.09. The summed E-state index contributed by atoms with van der Waals surface area (Å²) in [6.45, 7) is 2.02. The van der Waals surface area contributed by atoms with Crippen LogP contribution in [-0.4, -0.2) is 25.8 Å². The Labute approximate surface area is 107 Å². The van der Waals surface area contributed by atoms with Gasteiger partial charge in [0.05, 0.1) is 5.75 Å². The number of hydrogen-bond donors (Lipinski definition) is 2. The molecule has 0 saturated heterocycles. The van der Waals surface area contributed by atoms with Gasteiger partial charge in [0.25, 0.3) is 0 Å². The number of rotatable bonds is 6. The minimum absolute atomic E-state index is 0.0190. The number of hydrogen-bond acceptors (Lipinski definition) is 4. The molecule has 100 valence electrons. The summed E-state index contributed by atoms with van der Waals surface area (Å²) in [5.74, 6) is -0.352. The Balaban J connectivity index is 2.49. The van der Waals surface area contributed by atoms with Crippen molar-refractivity contribution in [3.63, 3.8) is 0 Å². The normalized spacial score (nSPS) is 11.2. The lowest BCUT2D eigenvalue weighted by Gasteiger charge is -2.06. The van der Waals surface area contributed by atoms with Crippen LogP contribution in [0.2, 0.25) is 0 Å². The van der Waals surface area contributed by atoms with Crippen molar-refractivity contribution in [1.82, 2.24) is 0 Å². The van der Waals surface area contributed by atoms with Crippen LogP contribution in [0, 0.1) is 0 Å². The summed E-state index contributed by atoms with van der Waals surface area (Å²) in [6.07, 6.45) is -0.0190. The van der Waals surface area contributed by atoms with E-state index in [0.29, 0.717) is 12.2 Å². The van der Waals surface area contributed by atoms with Crippen LogP contribution in [0.1, 0.15) is 18.9 Å². The average molecular weight is 270 g/mol. The van der Waals surface area contributed by atoms with E-state index < -0.39 is 9.84 Å². The first-order valence-electron chi connectivity index (χ1n) is 5.76. The monoisotopic (exact) mass is 270 g/mol. The molecule has 0 aliphatic rings. The van der Waals surface area contributed by atoms with Gasteiger partial charge >= 0.3 is 0 Å². The molecule has 0 radical (unpaired) electrons. The van der Waals surface area contributed by atoms with Crippen LogP contribution in [-0.2, 0) is 21.2 Å². The molecule has 0 bridgehead atoms. The van der Waals surface area contributed by atoms with E-state index in [4.69, 9.17) is 5.73 Å². The first-order valence-corrected chi connectivity index (χ1v) is 7.58. The van der Waals surface area contributed by atoms with E-state index in [1.807, 2.05) is 12.1 Å². The molecule has 0 atom stereocenters. The zero-order valence-corrected chi connectivity index (χ0v) is 11.2. The molecule has 1 aromatic carbocycles. The highest BCUT2D eigenvalue weighted by atomic mass is 32.2. The molecule has 3 N–H and O–H groups in total. The van der Waals surface area contributed by atoms with Gasteiger partial charge in [0.15, 0.2) is 9.84 Å². The standard InChI is InChI=1S/C12H18N2O3S/c1-2-18(16,17)8-7-12(15)14-11-5-3-10(9-13)4-6-11/h3-6H,2,7-9,13H2,1H3,(H,14,15). The second-order valence-corrected chi connectivity index (χ2v) is 6.41. The van der Waals surface area contributed by atoms with Gasteiger partial charge in [-0.05, 0) is 17.7 Å². The van der Waals surface area contributed by atoms with E-state index in [9.17, 15) is 13.2 Å². The first kappa shape index (κ1) is 14.7. The number of carbonyl (C=O) groups is 1. The topological polar surface area (TPSA) is 89.3 Å². The van der Waals surface area contributed by atoms with Crippen LogP contribution < -0.4 is 11.1 Å². The van der Waals surface area contributed by atoms with Crippen LogP contribution in [0.4, 0.5) is 5.69 Å². The molecule has 18 heavy (non-hydrogen) atoms. The zero-order chi connectivity index (χ0) is 13.6. The van der Waals surface area contributed by atoms with Crippen molar-refractivity contribution in [2.75, 3.05) is 16.8 Å². The van der Waals surface area contributed by atoms with Crippen molar-refractivity contribution >= 4 is 21.4 Å². The van der Waals surface area contributed by atoms with E-state index >= 15 is 0 Å². The molecule has 1 aromatic rings. The summed E-state index contributed by atoms with van der Waals surface area (Å²) >= 11 is 0. The summed E-state index contributed by atoms with van der Waals surface area (Å²) in [7, 11) is -3.09. The van der Waals surface area contributed by atoms with Gasteiger partial charge in [-0.1, -0.05) is 19.1 Å². The van der Waals surface area contributed by atoms with Crippen molar-refractivity contribution in [3.8, 4) is 0 Å². The molecule has 1 rings (SSSR count). The van der Waals surface area contributed by atoms with E-state index in [2.05, 4.69) is 5.32 Å². The molecule has 0 aromatic heterocycles. The van der Waals surface area contributed by atoms with Gasteiger partial charge in [-0.3, -0.25) is 4.79 Å². The van der Waals surface area contributed by atoms with Gasteiger partial charge < -0.3 is 11.1 Å². The molecule has 5 nitrogen and oxygen atoms in total. The maximum absolute atomic E-state index is 11.5. The highest BCUT2D eigenvalue weighted by Gasteiger charge is 2.11. The fourth-order valence-electron chi connectivity index (χ4n) is 1.34. The number of benzene rings is 1. The van der Waals surface area contributed by atoms with Crippen molar-refractivity contribution in [2.24, 2.45) is 5.73 Å². The van der Waals surface area contributed by atoms with Crippen LogP contribution in [0.3, 0.4) is 0 Å². The maximum atomic E-state index is 11.5. The molecule has 0 saturated carbocycles. The average Bonchev–Trinajstić information content (AvgIpc) is 2.37. The van der Waals surface area contributed by atoms with Crippen LogP contribution in [0.5, 0.6) is 0 Å².